The van der Waals surface area contributed by atoms with Gasteiger partial charge in [-0.05, 0) is 25.1 Å². The van der Waals surface area contributed by atoms with Crippen molar-refractivity contribution in [3.8, 4) is 0 Å². The molecule has 1 aromatic carbocycles. The molecule has 0 radical (unpaired) electrons. The highest BCUT2D eigenvalue weighted by molar-refractivity contribution is 6.06. The summed E-state index contributed by atoms with van der Waals surface area (Å²) in [5.74, 6) is 0.289. The van der Waals surface area contributed by atoms with E-state index >= 15 is 0 Å². The molecule has 0 aliphatic carbocycles. The first kappa shape index (κ1) is 18.6. The van der Waals surface area contributed by atoms with Crippen molar-refractivity contribution in [2.75, 3.05) is 18.9 Å². The zero-order valence-electron chi connectivity index (χ0n) is 15.3. The van der Waals surface area contributed by atoms with E-state index in [9.17, 15) is 9.59 Å². The minimum absolute atomic E-state index is 0.116. The molecule has 0 aliphatic rings. The van der Waals surface area contributed by atoms with Gasteiger partial charge in [0.05, 0.1) is 18.1 Å². The molecule has 6 heteroatoms. The molecule has 0 saturated heterocycles. The van der Waals surface area contributed by atoms with Crippen LogP contribution in [0.2, 0.25) is 0 Å². The fraction of sp³-hybridized carbons (Fsp3) is 0.368. The van der Waals surface area contributed by atoms with Crippen molar-refractivity contribution in [2.45, 2.75) is 33.1 Å². The molecule has 132 valence electrons. The highest BCUT2D eigenvalue weighted by Gasteiger charge is 2.17. The number of carbonyl (C=O) groups is 2. The molecule has 0 saturated carbocycles. The Labute approximate surface area is 148 Å². The van der Waals surface area contributed by atoms with Crippen LogP contribution in [0.3, 0.4) is 0 Å². The number of benzene rings is 1. The lowest BCUT2D eigenvalue weighted by Gasteiger charge is -2.16. The maximum atomic E-state index is 12.4. The Morgan fingerprint density at radius 3 is 2.28 bits per heavy atom. The minimum Gasteiger partial charge on any atom is -0.342 e. The number of aromatic nitrogens is 2. The van der Waals surface area contributed by atoms with Crippen molar-refractivity contribution in [1.82, 2.24) is 14.9 Å². The van der Waals surface area contributed by atoms with Crippen LogP contribution < -0.4 is 5.32 Å². The Morgan fingerprint density at radius 2 is 1.72 bits per heavy atom. The lowest BCUT2D eigenvalue weighted by atomic mass is 9.96. The second-order valence-electron chi connectivity index (χ2n) is 6.90. The summed E-state index contributed by atoms with van der Waals surface area (Å²) in [6, 6.07) is 6.66. The van der Waals surface area contributed by atoms with Gasteiger partial charge in [-0.3, -0.25) is 9.59 Å². The highest BCUT2D eigenvalue weighted by atomic mass is 16.2. The molecule has 0 unspecified atom stereocenters. The molecule has 2 rings (SSSR count). The van der Waals surface area contributed by atoms with Gasteiger partial charge < -0.3 is 10.2 Å². The molecule has 2 aromatic rings. The van der Waals surface area contributed by atoms with Crippen LogP contribution in [0.4, 0.5) is 5.69 Å². The summed E-state index contributed by atoms with van der Waals surface area (Å²) < 4.78 is 0. The molecule has 0 bridgehead atoms. The van der Waals surface area contributed by atoms with Gasteiger partial charge >= 0.3 is 0 Å². The summed E-state index contributed by atoms with van der Waals surface area (Å²) in [4.78, 5) is 34.8. The topological polar surface area (TPSA) is 75.2 Å². The summed E-state index contributed by atoms with van der Waals surface area (Å²) in [5, 5.41) is 2.76. The molecule has 1 heterocycles. The number of hydrogen-bond acceptors (Lipinski definition) is 4. The van der Waals surface area contributed by atoms with Gasteiger partial charge in [0, 0.05) is 30.1 Å². The van der Waals surface area contributed by atoms with Crippen LogP contribution in [0.5, 0.6) is 0 Å². The SMILES string of the molecule is CCN(C)C(=O)c1cccc(C(=O)Nc2cnc(C(C)(C)C)nc2)c1. The maximum Gasteiger partial charge on any atom is 0.255 e. The average Bonchev–Trinajstić information content (AvgIpc) is 2.60. The first-order valence-electron chi connectivity index (χ1n) is 8.21. The Balaban J connectivity index is 2.15. The van der Waals surface area contributed by atoms with Gasteiger partial charge in [0.25, 0.3) is 11.8 Å². The normalized spacial score (nSPS) is 11.1. The van der Waals surface area contributed by atoms with Gasteiger partial charge in [-0.2, -0.15) is 0 Å². The third-order valence-electron chi connectivity index (χ3n) is 3.77. The van der Waals surface area contributed by atoms with Crippen molar-refractivity contribution < 1.29 is 9.59 Å². The van der Waals surface area contributed by atoms with E-state index in [0.29, 0.717) is 29.2 Å². The van der Waals surface area contributed by atoms with Crippen molar-refractivity contribution in [1.29, 1.82) is 0 Å². The molecule has 0 fully saturated rings. The van der Waals surface area contributed by atoms with E-state index in [0.717, 1.165) is 0 Å². The van der Waals surface area contributed by atoms with E-state index in [1.807, 2.05) is 27.7 Å². The van der Waals surface area contributed by atoms with Gasteiger partial charge in [0.1, 0.15) is 5.82 Å². The number of amides is 2. The minimum atomic E-state index is -0.305. The summed E-state index contributed by atoms with van der Waals surface area (Å²) >= 11 is 0. The molecule has 6 nitrogen and oxygen atoms in total. The van der Waals surface area contributed by atoms with Crippen LogP contribution in [0.15, 0.2) is 36.7 Å². The summed E-state index contributed by atoms with van der Waals surface area (Å²) in [5.41, 5.74) is 1.26. The standard InChI is InChI=1S/C19H24N4O2/c1-6-23(5)17(25)14-9-7-8-13(10-14)16(24)22-15-11-20-18(21-12-15)19(2,3)4/h7-12H,6H2,1-5H3,(H,22,24). The van der Waals surface area contributed by atoms with Gasteiger partial charge in [-0.1, -0.05) is 26.8 Å². The smallest absolute Gasteiger partial charge is 0.255 e. The molecule has 0 atom stereocenters. The van der Waals surface area contributed by atoms with E-state index in [-0.39, 0.29) is 17.2 Å². The van der Waals surface area contributed by atoms with Gasteiger partial charge in [0.15, 0.2) is 0 Å². The molecule has 2 amide bonds. The monoisotopic (exact) mass is 340 g/mol. The van der Waals surface area contributed by atoms with E-state index < -0.39 is 0 Å². The Morgan fingerprint density at radius 1 is 1.12 bits per heavy atom. The Bertz CT molecular complexity index is 764. The summed E-state index contributed by atoms with van der Waals surface area (Å²) in [6.45, 7) is 8.58. The molecular weight excluding hydrogens is 316 g/mol. The van der Waals surface area contributed by atoms with Gasteiger partial charge in [-0.15, -0.1) is 0 Å². The van der Waals surface area contributed by atoms with Crippen LogP contribution >= 0.6 is 0 Å². The fourth-order valence-electron chi connectivity index (χ4n) is 2.14. The second kappa shape index (κ2) is 7.42. The third-order valence-corrected chi connectivity index (χ3v) is 3.77. The second-order valence-corrected chi connectivity index (χ2v) is 6.90. The third kappa shape index (κ3) is 4.62. The average molecular weight is 340 g/mol. The number of nitrogens with one attached hydrogen (secondary N) is 1. The Hall–Kier alpha value is -2.76. The van der Waals surface area contributed by atoms with Crippen LogP contribution in [-0.2, 0) is 5.41 Å². The number of anilines is 1. The molecule has 0 aliphatic heterocycles. The quantitative estimate of drug-likeness (QED) is 0.928. The lowest BCUT2D eigenvalue weighted by Crippen LogP contribution is -2.26. The van der Waals surface area contributed by atoms with Crippen LogP contribution in [0, 0.1) is 0 Å². The van der Waals surface area contributed by atoms with Crippen molar-refractivity contribution in [3.05, 3.63) is 53.6 Å². The highest BCUT2D eigenvalue weighted by Crippen LogP contribution is 2.18. The van der Waals surface area contributed by atoms with Crippen molar-refractivity contribution in [3.63, 3.8) is 0 Å². The number of rotatable bonds is 4. The molecule has 1 N–H and O–H groups in total. The van der Waals surface area contributed by atoms with Crippen LogP contribution in [0.1, 0.15) is 54.2 Å². The number of hydrogen-bond donors (Lipinski definition) is 1. The predicted molar refractivity (Wildman–Crippen MR) is 97.8 cm³/mol. The number of carbonyl (C=O) groups excluding carboxylic acids is 2. The van der Waals surface area contributed by atoms with Crippen molar-refractivity contribution in [2.24, 2.45) is 0 Å². The Kier molecular flexibility index (Phi) is 5.51. The zero-order chi connectivity index (χ0) is 18.6. The molecule has 0 spiro atoms. The van der Waals surface area contributed by atoms with Crippen LogP contribution in [-0.4, -0.2) is 40.3 Å². The van der Waals surface area contributed by atoms with Gasteiger partial charge in [0.2, 0.25) is 0 Å². The van der Waals surface area contributed by atoms with Gasteiger partial charge in [-0.25, -0.2) is 9.97 Å². The van der Waals surface area contributed by atoms with E-state index in [1.165, 1.54) is 0 Å². The lowest BCUT2D eigenvalue weighted by molar-refractivity contribution is 0.0802. The zero-order valence-corrected chi connectivity index (χ0v) is 15.3. The van der Waals surface area contributed by atoms with E-state index in [2.05, 4.69) is 15.3 Å². The first-order valence-corrected chi connectivity index (χ1v) is 8.21. The largest absolute Gasteiger partial charge is 0.342 e. The first-order chi connectivity index (χ1) is 11.7. The number of nitrogens with zero attached hydrogens (tertiary/aromatic N) is 3. The van der Waals surface area contributed by atoms with E-state index in [4.69, 9.17) is 0 Å². The summed E-state index contributed by atoms with van der Waals surface area (Å²) in [7, 11) is 1.73. The van der Waals surface area contributed by atoms with E-state index in [1.54, 1.807) is 48.6 Å². The molecule has 25 heavy (non-hydrogen) atoms. The maximum absolute atomic E-state index is 12.4. The predicted octanol–water partition coefficient (Wildman–Crippen LogP) is 3.12. The molecule has 1 aromatic heterocycles. The summed E-state index contributed by atoms with van der Waals surface area (Å²) in [6.07, 6.45) is 3.18. The van der Waals surface area contributed by atoms with Crippen LogP contribution in [0.25, 0.3) is 0 Å². The fourth-order valence-corrected chi connectivity index (χ4v) is 2.14. The molecular formula is C19H24N4O2. The van der Waals surface area contributed by atoms with Crippen molar-refractivity contribution >= 4 is 17.5 Å².